The van der Waals surface area contributed by atoms with Gasteiger partial charge in [-0.25, -0.2) is 0 Å². The quantitative estimate of drug-likeness (QED) is 0.779. The fourth-order valence-electron chi connectivity index (χ4n) is 1.51. The minimum atomic E-state index is -0.770. The molecule has 1 rings (SSSR count). The second kappa shape index (κ2) is 6.91. The number of ketones is 1. The molecule has 1 aromatic carbocycles. The van der Waals surface area contributed by atoms with E-state index in [1.165, 1.54) is 0 Å². The number of nitrogens with two attached hydrogens (primary N) is 1. The largest absolute Gasteiger partial charge is 0.461 e. The molecule has 0 amide bonds. The van der Waals surface area contributed by atoms with Crippen molar-refractivity contribution < 1.29 is 14.3 Å². The Morgan fingerprint density at radius 1 is 1.22 bits per heavy atom. The molecule has 0 aromatic heterocycles. The zero-order valence-electron chi connectivity index (χ0n) is 10.8. The Labute approximate surface area is 107 Å². The van der Waals surface area contributed by atoms with E-state index in [0.717, 1.165) is 5.56 Å². The number of esters is 1. The van der Waals surface area contributed by atoms with E-state index in [2.05, 4.69) is 0 Å². The fourth-order valence-corrected chi connectivity index (χ4v) is 1.51. The third-order valence-corrected chi connectivity index (χ3v) is 2.56. The minimum absolute atomic E-state index is 0.0656. The Kier molecular flexibility index (Phi) is 5.52. The lowest BCUT2D eigenvalue weighted by molar-refractivity contribution is -0.146. The summed E-state index contributed by atoms with van der Waals surface area (Å²) in [6.45, 7) is 3.73. The van der Waals surface area contributed by atoms with Crippen molar-refractivity contribution in [2.75, 3.05) is 0 Å². The number of rotatable bonds is 6. The zero-order chi connectivity index (χ0) is 13.5. The summed E-state index contributed by atoms with van der Waals surface area (Å²) < 4.78 is 5.06. The molecule has 0 aliphatic carbocycles. The average Bonchev–Trinajstić information content (AvgIpc) is 2.36. The summed E-state index contributed by atoms with van der Waals surface area (Å²) >= 11 is 0. The van der Waals surface area contributed by atoms with E-state index < -0.39 is 12.0 Å². The van der Waals surface area contributed by atoms with Gasteiger partial charge in [-0.2, -0.15) is 0 Å². The van der Waals surface area contributed by atoms with E-state index in [-0.39, 0.29) is 24.7 Å². The maximum absolute atomic E-state index is 11.5. The number of hydrogen-bond acceptors (Lipinski definition) is 4. The van der Waals surface area contributed by atoms with Crippen molar-refractivity contribution in [2.24, 2.45) is 11.7 Å². The van der Waals surface area contributed by atoms with E-state index in [1.807, 2.05) is 30.3 Å². The van der Waals surface area contributed by atoms with Crippen molar-refractivity contribution in [3.8, 4) is 0 Å². The molecule has 0 bridgehead atoms. The molecule has 0 heterocycles. The SMILES string of the molecule is CC(C)C(=O)[C@@H](N)CC(=O)OCc1ccccc1. The number of benzene rings is 1. The molecule has 1 aromatic rings. The van der Waals surface area contributed by atoms with Gasteiger partial charge in [0.2, 0.25) is 0 Å². The Balaban J connectivity index is 2.36. The first-order valence-electron chi connectivity index (χ1n) is 5.99. The number of carbonyl (C=O) groups excluding carboxylic acids is 2. The van der Waals surface area contributed by atoms with Crippen LogP contribution in [0.15, 0.2) is 30.3 Å². The summed E-state index contributed by atoms with van der Waals surface area (Å²) in [5.74, 6) is -0.728. The standard InChI is InChI=1S/C14H19NO3/c1-10(2)14(17)12(15)8-13(16)18-9-11-6-4-3-5-7-11/h3-7,10,12H,8-9,15H2,1-2H3/t12-/m0/s1. The van der Waals surface area contributed by atoms with Gasteiger partial charge in [0.25, 0.3) is 0 Å². The molecule has 0 saturated carbocycles. The third kappa shape index (κ3) is 4.67. The predicted molar refractivity (Wildman–Crippen MR) is 68.7 cm³/mol. The molecular weight excluding hydrogens is 230 g/mol. The Morgan fingerprint density at radius 2 is 1.83 bits per heavy atom. The van der Waals surface area contributed by atoms with Crippen LogP contribution in [0.4, 0.5) is 0 Å². The van der Waals surface area contributed by atoms with Crippen molar-refractivity contribution in [1.29, 1.82) is 0 Å². The molecule has 0 fully saturated rings. The fraction of sp³-hybridized carbons (Fsp3) is 0.429. The lowest BCUT2D eigenvalue weighted by atomic mass is 10.0. The van der Waals surface area contributed by atoms with Crippen LogP contribution in [0.25, 0.3) is 0 Å². The van der Waals surface area contributed by atoms with Crippen molar-refractivity contribution in [3.63, 3.8) is 0 Å². The highest BCUT2D eigenvalue weighted by Gasteiger charge is 2.20. The third-order valence-electron chi connectivity index (χ3n) is 2.56. The smallest absolute Gasteiger partial charge is 0.308 e. The minimum Gasteiger partial charge on any atom is -0.461 e. The summed E-state index contributed by atoms with van der Waals surface area (Å²) in [5.41, 5.74) is 6.55. The Hall–Kier alpha value is -1.68. The highest BCUT2D eigenvalue weighted by Crippen LogP contribution is 2.05. The number of hydrogen-bond donors (Lipinski definition) is 1. The molecule has 0 spiro atoms. The first kappa shape index (κ1) is 14.4. The van der Waals surface area contributed by atoms with Gasteiger partial charge in [-0.15, -0.1) is 0 Å². The Morgan fingerprint density at radius 3 is 2.39 bits per heavy atom. The van der Waals surface area contributed by atoms with Crippen LogP contribution < -0.4 is 5.73 Å². The lowest BCUT2D eigenvalue weighted by Gasteiger charge is -2.12. The van der Waals surface area contributed by atoms with E-state index in [0.29, 0.717) is 0 Å². The van der Waals surface area contributed by atoms with Gasteiger partial charge < -0.3 is 10.5 Å². The van der Waals surface area contributed by atoms with Gasteiger partial charge in [-0.1, -0.05) is 44.2 Å². The summed E-state index contributed by atoms with van der Waals surface area (Å²) in [7, 11) is 0. The topological polar surface area (TPSA) is 69.4 Å². The molecule has 2 N–H and O–H groups in total. The molecule has 0 radical (unpaired) electrons. The number of ether oxygens (including phenoxy) is 1. The first-order chi connectivity index (χ1) is 8.50. The molecule has 98 valence electrons. The molecule has 0 aliphatic rings. The molecular formula is C14H19NO3. The predicted octanol–water partition coefficient (Wildman–Crippen LogP) is 1.67. The van der Waals surface area contributed by atoms with Crippen LogP contribution in [0.5, 0.6) is 0 Å². The summed E-state index contributed by atoms with van der Waals surface area (Å²) in [6, 6.07) is 8.60. The van der Waals surface area contributed by atoms with Gasteiger partial charge in [0.15, 0.2) is 5.78 Å². The van der Waals surface area contributed by atoms with Crippen LogP contribution in [-0.2, 0) is 20.9 Å². The lowest BCUT2D eigenvalue weighted by Crippen LogP contribution is -2.36. The van der Waals surface area contributed by atoms with E-state index in [1.54, 1.807) is 13.8 Å². The highest BCUT2D eigenvalue weighted by atomic mass is 16.5. The van der Waals surface area contributed by atoms with Crippen LogP contribution in [0, 0.1) is 5.92 Å². The molecule has 4 heteroatoms. The van der Waals surface area contributed by atoms with Crippen LogP contribution in [0.1, 0.15) is 25.8 Å². The number of carbonyl (C=O) groups is 2. The van der Waals surface area contributed by atoms with Crippen molar-refractivity contribution in [1.82, 2.24) is 0 Å². The highest BCUT2D eigenvalue weighted by molar-refractivity contribution is 5.89. The summed E-state index contributed by atoms with van der Waals surface area (Å²) in [6.07, 6.45) is -0.0656. The van der Waals surface area contributed by atoms with E-state index in [9.17, 15) is 9.59 Å². The molecule has 0 unspecified atom stereocenters. The van der Waals surface area contributed by atoms with Crippen LogP contribution in [0.3, 0.4) is 0 Å². The first-order valence-corrected chi connectivity index (χ1v) is 5.99. The monoisotopic (exact) mass is 249 g/mol. The van der Waals surface area contributed by atoms with Gasteiger partial charge in [0.05, 0.1) is 12.5 Å². The molecule has 1 atom stereocenters. The van der Waals surface area contributed by atoms with Gasteiger partial charge >= 0.3 is 5.97 Å². The van der Waals surface area contributed by atoms with E-state index in [4.69, 9.17) is 10.5 Å². The summed E-state index contributed by atoms with van der Waals surface area (Å²) in [5, 5.41) is 0. The maximum atomic E-state index is 11.5. The second-order valence-electron chi connectivity index (χ2n) is 4.51. The van der Waals surface area contributed by atoms with Crippen LogP contribution in [0.2, 0.25) is 0 Å². The van der Waals surface area contributed by atoms with Crippen molar-refractivity contribution in [2.45, 2.75) is 32.9 Å². The molecule has 18 heavy (non-hydrogen) atoms. The average molecular weight is 249 g/mol. The Bertz CT molecular complexity index is 401. The zero-order valence-corrected chi connectivity index (χ0v) is 10.8. The summed E-state index contributed by atoms with van der Waals surface area (Å²) in [4.78, 5) is 23.0. The van der Waals surface area contributed by atoms with Crippen molar-refractivity contribution >= 4 is 11.8 Å². The van der Waals surface area contributed by atoms with Crippen LogP contribution >= 0.6 is 0 Å². The second-order valence-corrected chi connectivity index (χ2v) is 4.51. The van der Waals surface area contributed by atoms with Gasteiger partial charge in [-0.3, -0.25) is 9.59 Å². The van der Waals surface area contributed by atoms with E-state index >= 15 is 0 Å². The van der Waals surface area contributed by atoms with Gasteiger partial charge in [0.1, 0.15) is 6.61 Å². The van der Waals surface area contributed by atoms with Gasteiger partial charge in [-0.05, 0) is 5.56 Å². The van der Waals surface area contributed by atoms with Crippen molar-refractivity contribution in [3.05, 3.63) is 35.9 Å². The molecule has 0 saturated heterocycles. The normalized spacial score (nSPS) is 12.2. The van der Waals surface area contributed by atoms with Crippen LogP contribution in [-0.4, -0.2) is 17.8 Å². The number of Topliss-reactive ketones (excluding diaryl/α,β-unsaturated/α-hetero) is 1. The molecule has 4 nitrogen and oxygen atoms in total. The molecule has 0 aliphatic heterocycles. The van der Waals surface area contributed by atoms with Gasteiger partial charge in [0, 0.05) is 5.92 Å². The maximum Gasteiger partial charge on any atom is 0.308 e.